The molecule has 0 aliphatic carbocycles. The Hall–Kier alpha value is -4.67. The number of aromatic nitrogens is 6. The summed E-state index contributed by atoms with van der Waals surface area (Å²) in [5, 5.41) is 11.8. The maximum Gasteiger partial charge on any atom is 0.138 e. The maximum atomic E-state index is 14.6. The van der Waals surface area contributed by atoms with Gasteiger partial charge in [0.15, 0.2) is 0 Å². The van der Waals surface area contributed by atoms with E-state index in [1.807, 2.05) is 61.7 Å². The van der Waals surface area contributed by atoms with Gasteiger partial charge in [0, 0.05) is 48.7 Å². The Kier molecular flexibility index (Phi) is 7.41. The molecule has 0 spiro atoms. The van der Waals surface area contributed by atoms with Gasteiger partial charge < -0.3 is 19.9 Å². The molecule has 5 aromatic heterocycles. The first kappa shape index (κ1) is 26.5. The van der Waals surface area contributed by atoms with Crippen molar-refractivity contribution in [1.29, 1.82) is 0 Å². The molecule has 0 radical (unpaired) electrons. The van der Waals surface area contributed by atoms with Gasteiger partial charge in [-0.3, -0.25) is 10.1 Å². The summed E-state index contributed by atoms with van der Waals surface area (Å²) < 4.78 is 20.4. The highest BCUT2D eigenvalue weighted by Gasteiger charge is 2.17. The third-order valence-corrected chi connectivity index (χ3v) is 6.85. The molecule has 0 atom stereocenters. The van der Waals surface area contributed by atoms with E-state index in [0.29, 0.717) is 29.3 Å². The quantitative estimate of drug-likeness (QED) is 0.209. The minimum Gasteiger partial charge on any atom is -0.492 e. The summed E-state index contributed by atoms with van der Waals surface area (Å²) in [6, 6.07) is 14.7. The van der Waals surface area contributed by atoms with Crippen molar-refractivity contribution in [3.8, 4) is 39.5 Å². The summed E-state index contributed by atoms with van der Waals surface area (Å²) >= 11 is 0. The van der Waals surface area contributed by atoms with Crippen LogP contribution >= 0.6 is 0 Å². The Morgan fingerprint density at radius 2 is 1.93 bits per heavy atom. The molecule has 0 saturated heterocycles. The number of fused-ring (bicyclic) bond motifs is 2. The van der Waals surface area contributed by atoms with Crippen molar-refractivity contribution in [3.63, 3.8) is 0 Å². The number of likely N-dealkylation sites (N-methyl/N-ethyl adjacent to an activating group) is 1. The van der Waals surface area contributed by atoms with E-state index in [-0.39, 0.29) is 5.82 Å². The number of halogens is 1. The predicted octanol–water partition coefficient (Wildman–Crippen LogP) is 5.42. The highest BCUT2D eigenvalue weighted by molar-refractivity contribution is 5.99. The van der Waals surface area contributed by atoms with Gasteiger partial charge in [0.05, 0.1) is 16.9 Å². The second kappa shape index (κ2) is 11.4. The normalized spacial score (nSPS) is 11.6. The number of aromatic amines is 2. The molecule has 6 aromatic rings. The van der Waals surface area contributed by atoms with Crippen LogP contribution < -0.4 is 10.1 Å². The molecular weight excluding hydrogens is 519 g/mol. The molecule has 10 heteroatoms. The zero-order valence-corrected chi connectivity index (χ0v) is 23.2. The van der Waals surface area contributed by atoms with Crippen LogP contribution in [0.1, 0.15) is 12.5 Å². The predicted molar refractivity (Wildman–Crippen MR) is 159 cm³/mol. The Balaban J connectivity index is 1.37. The van der Waals surface area contributed by atoms with Crippen LogP contribution in [0.25, 0.3) is 55.8 Å². The van der Waals surface area contributed by atoms with Crippen molar-refractivity contribution in [1.82, 2.24) is 40.3 Å². The molecule has 208 valence electrons. The van der Waals surface area contributed by atoms with Crippen LogP contribution in [0.15, 0.2) is 67.1 Å². The van der Waals surface area contributed by atoms with Crippen LogP contribution in [0, 0.1) is 5.82 Å². The topological polar surface area (TPSA) is 108 Å². The summed E-state index contributed by atoms with van der Waals surface area (Å²) in [6.45, 7) is 4.91. The molecule has 0 saturated carbocycles. The Bertz CT molecular complexity index is 1830. The lowest BCUT2D eigenvalue weighted by Crippen LogP contribution is -2.19. The van der Waals surface area contributed by atoms with Gasteiger partial charge in [-0.15, -0.1) is 0 Å². The molecule has 1 aromatic carbocycles. The zero-order valence-electron chi connectivity index (χ0n) is 23.2. The van der Waals surface area contributed by atoms with E-state index in [1.54, 1.807) is 6.20 Å². The van der Waals surface area contributed by atoms with Gasteiger partial charge in [0.2, 0.25) is 0 Å². The second-order valence-electron chi connectivity index (χ2n) is 10.2. The van der Waals surface area contributed by atoms with Crippen LogP contribution in [0.2, 0.25) is 0 Å². The number of nitrogens with one attached hydrogen (secondary N) is 3. The molecule has 0 unspecified atom stereocenters. The van der Waals surface area contributed by atoms with E-state index in [9.17, 15) is 4.39 Å². The molecular formula is C31H31FN8O. The van der Waals surface area contributed by atoms with Gasteiger partial charge in [-0.05, 0) is 79.8 Å². The van der Waals surface area contributed by atoms with Crippen molar-refractivity contribution in [3.05, 3.63) is 78.5 Å². The van der Waals surface area contributed by atoms with Crippen LogP contribution in [0.5, 0.6) is 5.75 Å². The number of hydrogen-bond acceptors (Lipinski definition) is 7. The van der Waals surface area contributed by atoms with Crippen LogP contribution in [-0.2, 0) is 6.54 Å². The van der Waals surface area contributed by atoms with Gasteiger partial charge in [-0.1, -0.05) is 6.92 Å². The SMILES string of the molecule is CCNCc1cncc(-c2ccc3[nH]nc(-c4cc5c(-c6cc(F)cc(OCCN(C)C)c6)ccnc5[nH]4)c3n2)c1. The number of rotatable bonds is 10. The van der Waals surface area contributed by atoms with Crippen LogP contribution in [0.4, 0.5) is 4.39 Å². The highest BCUT2D eigenvalue weighted by atomic mass is 19.1. The number of H-pyrrole nitrogens is 2. The van der Waals surface area contributed by atoms with Gasteiger partial charge in [-0.25, -0.2) is 14.4 Å². The number of benzene rings is 1. The maximum absolute atomic E-state index is 14.6. The fraction of sp³-hybridized carbons (Fsp3) is 0.226. The Morgan fingerprint density at radius 3 is 2.78 bits per heavy atom. The molecule has 9 nitrogen and oxygen atoms in total. The molecule has 41 heavy (non-hydrogen) atoms. The molecule has 3 N–H and O–H groups in total. The van der Waals surface area contributed by atoms with E-state index in [4.69, 9.17) is 9.72 Å². The van der Waals surface area contributed by atoms with E-state index in [0.717, 1.165) is 64.1 Å². The lowest BCUT2D eigenvalue weighted by molar-refractivity contribution is 0.260. The highest BCUT2D eigenvalue weighted by Crippen LogP contribution is 2.35. The fourth-order valence-corrected chi connectivity index (χ4v) is 4.80. The molecule has 0 fully saturated rings. The molecule has 0 aliphatic rings. The van der Waals surface area contributed by atoms with E-state index < -0.39 is 0 Å². The largest absolute Gasteiger partial charge is 0.492 e. The van der Waals surface area contributed by atoms with E-state index >= 15 is 0 Å². The molecule has 6 rings (SSSR count). The number of hydrogen-bond donors (Lipinski definition) is 3. The zero-order chi connectivity index (χ0) is 28.3. The first-order valence-corrected chi connectivity index (χ1v) is 13.5. The second-order valence-corrected chi connectivity index (χ2v) is 10.2. The first-order chi connectivity index (χ1) is 20.0. The monoisotopic (exact) mass is 550 g/mol. The van der Waals surface area contributed by atoms with Crippen molar-refractivity contribution >= 4 is 22.1 Å². The van der Waals surface area contributed by atoms with Gasteiger partial charge >= 0.3 is 0 Å². The Morgan fingerprint density at radius 1 is 1.02 bits per heavy atom. The first-order valence-electron chi connectivity index (χ1n) is 13.5. The van der Waals surface area contributed by atoms with Gasteiger partial charge in [0.1, 0.15) is 35.0 Å². The van der Waals surface area contributed by atoms with Crippen molar-refractivity contribution < 1.29 is 9.13 Å². The summed E-state index contributed by atoms with van der Waals surface area (Å²) in [5.74, 6) is 0.128. The molecule has 0 aliphatic heterocycles. The Labute approximate surface area is 236 Å². The van der Waals surface area contributed by atoms with Crippen molar-refractivity contribution in [2.45, 2.75) is 13.5 Å². The number of pyridine rings is 3. The van der Waals surface area contributed by atoms with E-state index in [2.05, 4.69) is 43.5 Å². The van der Waals surface area contributed by atoms with E-state index in [1.165, 1.54) is 12.1 Å². The van der Waals surface area contributed by atoms with Gasteiger partial charge in [0.25, 0.3) is 0 Å². The van der Waals surface area contributed by atoms with Crippen LogP contribution in [0.3, 0.4) is 0 Å². The summed E-state index contributed by atoms with van der Waals surface area (Å²) in [4.78, 5) is 19.3. The standard InChI is InChI=1S/C31H31FN8O/c1-4-33-16-19-11-21(18-34-17-19)26-5-6-27-29(36-26)30(39-38-27)28-15-25-24(7-8-35-31(25)37-28)20-12-22(32)14-23(13-20)41-10-9-40(2)3/h5-8,11-15,17-18,33H,4,9-10,16H2,1-3H3,(H,35,37)(H,38,39). The summed E-state index contributed by atoms with van der Waals surface area (Å²) in [5.41, 5.74) is 8.04. The lowest BCUT2D eigenvalue weighted by atomic mass is 10.0. The minimum absolute atomic E-state index is 0.359. The van der Waals surface area contributed by atoms with Crippen molar-refractivity contribution in [2.75, 3.05) is 33.8 Å². The summed E-state index contributed by atoms with van der Waals surface area (Å²) in [6.07, 6.45) is 5.39. The fourth-order valence-electron chi connectivity index (χ4n) is 4.80. The average Bonchev–Trinajstić information content (AvgIpc) is 3.59. The third-order valence-electron chi connectivity index (χ3n) is 6.85. The third kappa shape index (κ3) is 5.65. The molecule has 0 amide bonds. The van der Waals surface area contributed by atoms with Gasteiger partial charge in [-0.2, -0.15) is 5.10 Å². The average molecular weight is 551 g/mol. The smallest absolute Gasteiger partial charge is 0.138 e. The number of nitrogens with zero attached hydrogens (tertiary/aromatic N) is 5. The van der Waals surface area contributed by atoms with Crippen LogP contribution in [-0.4, -0.2) is 68.8 Å². The lowest BCUT2D eigenvalue weighted by Gasteiger charge is -2.12. The molecule has 5 heterocycles. The summed E-state index contributed by atoms with van der Waals surface area (Å²) in [7, 11) is 3.94. The van der Waals surface area contributed by atoms with Crippen molar-refractivity contribution in [2.24, 2.45) is 0 Å². The minimum atomic E-state index is -0.359. The number of ether oxygens (including phenoxy) is 1. The molecule has 0 bridgehead atoms.